The molecule has 0 atom stereocenters. The van der Waals surface area contributed by atoms with Gasteiger partial charge in [0.05, 0.1) is 23.9 Å². The fraction of sp³-hybridized carbons (Fsp3) is 0.130. The number of ether oxygens (including phenoxy) is 1. The number of hydrogen-bond donors (Lipinski definition) is 1. The molecule has 1 amide bonds. The second-order valence-electron chi connectivity index (χ2n) is 6.86. The lowest BCUT2D eigenvalue weighted by molar-refractivity contribution is -0.116. The van der Waals surface area contributed by atoms with Crippen LogP contribution >= 0.6 is 11.3 Å². The minimum absolute atomic E-state index is 0.236. The van der Waals surface area contributed by atoms with Gasteiger partial charge in [0.25, 0.3) is 5.56 Å². The van der Waals surface area contributed by atoms with Crippen LogP contribution in [0.2, 0.25) is 0 Å². The molecule has 4 rings (SSSR count). The average molecular weight is 451 g/mol. The third-order valence-corrected chi connectivity index (χ3v) is 5.60. The second-order valence-corrected chi connectivity index (χ2v) is 7.72. The number of fused-ring (bicyclic) bond motifs is 1. The highest BCUT2D eigenvalue weighted by atomic mass is 32.1. The molecule has 0 radical (unpaired) electrons. The van der Waals surface area contributed by atoms with Crippen LogP contribution in [0.25, 0.3) is 21.3 Å². The molecule has 162 valence electrons. The summed E-state index contributed by atoms with van der Waals surface area (Å²) in [6.45, 7) is 1.76. The van der Waals surface area contributed by atoms with Crippen LogP contribution in [0.4, 0.5) is 10.1 Å². The van der Waals surface area contributed by atoms with Crippen LogP contribution in [0, 0.1) is 5.82 Å². The Bertz CT molecular complexity index is 1340. The van der Waals surface area contributed by atoms with Crippen LogP contribution in [0.3, 0.4) is 0 Å². The van der Waals surface area contributed by atoms with Crippen LogP contribution < -0.4 is 10.9 Å². The molecule has 0 fully saturated rings. The Morgan fingerprint density at radius 1 is 1.12 bits per heavy atom. The molecule has 0 aliphatic rings. The smallest absolute Gasteiger partial charge is 0.338 e. The normalized spacial score (nSPS) is 10.8. The zero-order chi connectivity index (χ0) is 22.7. The summed E-state index contributed by atoms with van der Waals surface area (Å²) in [5, 5.41) is 4.87. The largest absolute Gasteiger partial charge is 0.462 e. The van der Waals surface area contributed by atoms with E-state index in [9.17, 15) is 18.8 Å². The molecule has 2 aromatic heterocycles. The molecule has 7 nitrogen and oxygen atoms in total. The molecule has 0 saturated carbocycles. The Kier molecular flexibility index (Phi) is 6.09. The van der Waals surface area contributed by atoms with Crippen molar-refractivity contribution in [3.63, 3.8) is 0 Å². The highest BCUT2D eigenvalue weighted by Gasteiger charge is 2.15. The molecule has 2 aromatic carbocycles. The number of anilines is 1. The molecule has 1 N–H and O–H groups in total. The van der Waals surface area contributed by atoms with Gasteiger partial charge in [-0.05, 0) is 48.9 Å². The number of aromatic nitrogens is 2. The number of rotatable bonds is 6. The molecule has 0 spiro atoms. The molecule has 0 unspecified atom stereocenters. The van der Waals surface area contributed by atoms with Gasteiger partial charge in [0.1, 0.15) is 17.2 Å². The lowest BCUT2D eigenvalue weighted by atomic mass is 10.1. The molecular weight excluding hydrogens is 433 g/mol. The molecule has 0 bridgehead atoms. The molecule has 0 aliphatic carbocycles. The summed E-state index contributed by atoms with van der Waals surface area (Å²) < 4.78 is 19.4. The Labute approximate surface area is 186 Å². The summed E-state index contributed by atoms with van der Waals surface area (Å²) in [5.41, 5.74) is 1.84. The van der Waals surface area contributed by atoms with Gasteiger partial charge in [0.15, 0.2) is 0 Å². The van der Waals surface area contributed by atoms with Crippen molar-refractivity contribution in [2.75, 3.05) is 11.9 Å². The monoisotopic (exact) mass is 451 g/mol. The molecule has 9 heteroatoms. The lowest BCUT2D eigenvalue weighted by Crippen LogP contribution is -2.27. The van der Waals surface area contributed by atoms with Crippen LogP contribution in [0.5, 0.6) is 0 Å². The fourth-order valence-corrected chi connectivity index (χ4v) is 4.09. The SMILES string of the molecule is CCOC(=O)c1ccc(NC(=O)Cn2cnc3scc(-c4ccc(F)cc4)c3c2=O)cc1. The molecule has 4 aromatic rings. The van der Waals surface area contributed by atoms with Gasteiger partial charge < -0.3 is 10.1 Å². The van der Waals surface area contributed by atoms with Gasteiger partial charge in [-0.1, -0.05) is 12.1 Å². The number of nitrogens with zero attached hydrogens (tertiary/aromatic N) is 2. The zero-order valence-electron chi connectivity index (χ0n) is 17.0. The molecule has 0 aliphatic heterocycles. The van der Waals surface area contributed by atoms with E-state index in [4.69, 9.17) is 4.74 Å². The van der Waals surface area contributed by atoms with Gasteiger partial charge in [-0.25, -0.2) is 14.2 Å². The van der Waals surface area contributed by atoms with Crippen molar-refractivity contribution in [1.82, 2.24) is 9.55 Å². The average Bonchev–Trinajstić information content (AvgIpc) is 3.22. The number of thiophene rings is 1. The van der Waals surface area contributed by atoms with E-state index >= 15 is 0 Å². The number of halogens is 1. The molecule has 32 heavy (non-hydrogen) atoms. The minimum atomic E-state index is -0.441. The van der Waals surface area contributed by atoms with Crippen molar-refractivity contribution in [2.45, 2.75) is 13.5 Å². The number of amides is 1. The van der Waals surface area contributed by atoms with Crippen LogP contribution in [0.15, 0.2) is 65.0 Å². The van der Waals surface area contributed by atoms with E-state index < -0.39 is 11.9 Å². The van der Waals surface area contributed by atoms with Crippen molar-refractivity contribution in [3.8, 4) is 11.1 Å². The third-order valence-electron chi connectivity index (χ3n) is 4.71. The summed E-state index contributed by atoms with van der Waals surface area (Å²) in [6, 6.07) is 12.1. The van der Waals surface area contributed by atoms with Crippen LogP contribution in [0.1, 0.15) is 17.3 Å². The van der Waals surface area contributed by atoms with Gasteiger partial charge in [0.2, 0.25) is 5.91 Å². The van der Waals surface area contributed by atoms with Gasteiger partial charge in [0, 0.05) is 16.6 Å². The number of carbonyl (C=O) groups is 2. The quantitative estimate of drug-likeness (QED) is 0.446. The molecule has 0 saturated heterocycles. The Morgan fingerprint density at radius 2 is 1.84 bits per heavy atom. The van der Waals surface area contributed by atoms with Crippen molar-refractivity contribution in [3.05, 3.63) is 82.0 Å². The van der Waals surface area contributed by atoms with E-state index in [0.29, 0.717) is 32.6 Å². The maximum absolute atomic E-state index is 13.3. The van der Waals surface area contributed by atoms with E-state index in [0.717, 1.165) is 0 Å². The van der Waals surface area contributed by atoms with E-state index in [1.807, 2.05) is 0 Å². The Morgan fingerprint density at radius 3 is 2.53 bits per heavy atom. The van der Waals surface area contributed by atoms with E-state index in [1.54, 1.807) is 48.7 Å². The first-order valence-corrected chi connectivity index (χ1v) is 10.6. The standard InChI is InChI=1S/C23H18FN3O4S/c1-2-31-23(30)15-5-9-17(10-6-15)26-19(28)11-27-13-25-21-20(22(27)29)18(12-32-21)14-3-7-16(24)8-4-14/h3-10,12-13H,2,11H2,1H3,(H,26,28). The van der Waals surface area contributed by atoms with Gasteiger partial charge in [-0.3, -0.25) is 14.2 Å². The van der Waals surface area contributed by atoms with Crippen molar-refractivity contribution < 1.29 is 18.7 Å². The van der Waals surface area contributed by atoms with Gasteiger partial charge in [-0.2, -0.15) is 0 Å². The first kappa shape index (κ1) is 21.4. The third kappa shape index (κ3) is 4.42. The number of benzene rings is 2. The summed E-state index contributed by atoms with van der Waals surface area (Å²) in [6.07, 6.45) is 1.33. The Hall–Kier alpha value is -3.85. The minimum Gasteiger partial charge on any atom is -0.462 e. The number of esters is 1. The summed E-state index contributed by atoms with van der Waals surface area (Å²) >= 11 is 1.31. The molecule has 2 heterocycles. The second kappa shape index (κ2) is 9.11. The topological polar surface area (TPSA) is 90.3 Å². The number of hydrogen-bond acceptors (Lipinski definition) is 6. The van der Waals surface area contributed by atoms with E-state index in [1.165, 1.54) is 34.4 Å². The van der Waals surface area contributed by atoms with E-state index in [-0.39, 0.29) is 24.5 Å². The van der Waals surface area contributed by atoms with Crippen LogP contribution in [-0.4, -0.2) is 28.0 Å². The van der Waals surface area contributed by atoms with Gasteiger partial charge in [-0.15, -0.1) is 11.3 Å². The summed E-state index contributed by atoms with van der Waals surface area (Å²) in [5.74, 6) is -1.23. The summed E-state index contributed by atoms with van der Waals surface area (Å²) in [7, 11) is 0. The number of carbonyl (C=O) groups excluding carboxylic acids is 2. The first-order chi connectivity index (χ1) is 15.5. The van der Waals surface area contributed by atoms with Gasteiger partial charge >= 0.3 is 5.97 Å². The highest BCUT2D eigenvalue weighted by molar-refractivity contribution is 7.17. The maximum atomic E-state index is 13.3. The molecular formula is C23H18FN3O4S. The first-order valence-electron chi connectivity index (χ1n) is 9.76. The van der Waals surface area contributed by atoms with E-state index in [2.05, 4.69) is 10.3 Å². The van der Waals surface area contributed by atoms with Crippen molar-refractivity contribution in [1.29, 1.82) is 0 Å². The van der Waals surface area contributed by atoms with Crippen molar-refractivity contribution >= 4 is 39.1 Å². The predicted octanol–water partition coefficient (Wildman–Crippen LogP) is 4.08. The van der Waals surface area contributed by atoms with Crippen LogP contribution in [-0.2, 0) is 16.1 Å². The lowest BCUT2D eigenvalue weighted by Gasteiger charge is -2.08. The zero-order valence-corrected chi connectivity index (χ0v) is 17.8. The predicted molar refractivity (Wildman–Crippen MR) is 120 cm³/mol. The number of nitrogens with one attached hydrogen (secondary N) is 1. The fourth-order valence-electron chi connectivity index (χ4n) is 3.18. The van der Waals surface area contributed by atoms with Crippen molar-refractivity contribution in [2.24, 2.45) is 0 Å². The summed E-state index contributed by atoms with van der Waals surface area (Å²) in [4.78, 5) is 42.1. The highest BCUT2D eigenvalue weighted by Crippen LogP contribution is 2.30. The maximum Gasteiger partial charge on any atom is 0.338 e. The Balaban J connectivity index is 1.54.